The molecule has 6 heteroatoms. The Bertz CT molecular complexity index is 625. The van der Waals surface area contributed by atoms with Gasteiger partial charge >= 0.3 is 0 Å². The largest absolute Gasteiger partial charge is 0.399 e. The van der Waals surface area contributed by atoms with E-state index in [0.717, 1.165) is 15.0 Å². The van der Waals surface area contributed by atoms with Crippen LogP contribution in [0.15, 0.2) is 34.1 Å². The summed E-state index contributed by atoms with van der Waals surface area (Å²) in [5.74, 6) is -0.124. The lowest BCUT2D eigenvalue weighted by Gasteiger charge is -2.17. The first-order valence-corrected chi connectivity index (χ1v) is 7.73. The zero-order valence-electron chi connectivity index (χ0n) is 11.3. The molecule has 1 aromatic carbocycles. The molecule has 4 nitrogen and oxygen atoms in total. The van der Waals surface area contributed by atoms with Crippen LogP contribution in [0.3, 0.4) is 0 Å². The van der Waals surface area contributed by atoms with E-state index in [1.165, 1.54) is 0 Å². The number of nitrogens with two attached hydrogens (primary N) is 1. The normalized spacial score (nSPS) is 10.3. The first-order chi connectivity index (χ1) is 9.49. The molecule has 0 bridgehead atoms. The van der Waals surface area contributed by atoms with Gasteiger partial charge in [0, 0.05) is 34.8 Å². The van der Waals surface area contributed by atoms with Crippen LogP contribution in [-0.4, -0.2) is 20.0 Å². The second kappa shape index (κ2) is 6.28. The van der Waals surface area contributed by atoms with Crippen LogP contribution >= 0.6 is 27.3 Å². The van der Waals surface area contributed by atoms with E-state index < -0.39 is 0 Å². The maximum atomic E-state index is 12.3. The second-order valence-electron chi connectivity index (χ2n) is 4.55. The fourth-order valence-electron chi connectivity index (χ4n) is 1.83. The smallest absolute Gasteiger partial charge is 0.253 e. The van der Waals surface area contributed by atoms with Gasteiger partial charge in [0.2, 0.25) is 0 Å². The van der Waals surface area contributed by atoms with Crippen LogP contribution in [0.1, 0.15) is 15.2 Å². The molecule has 20 heavy (non-hydrogen) atoms. The van der Waals surface area contributed by atoms with E-state index >= 15 is 0 Å². The Labute approximate surface area is 130 Å². The number of nitrogens with zero attached hydrogens (tertiary/aromatic N) is 1. The van der Waals surface area contributed by atoms with Crippen molar-refractivity contribution >= 4 is 44.5 Å². The molecule has 0 atom stereocenters. The quantitative estimate of drug-likeness (QED) is 0.830. The third-order valence-corrected chi connectivity index (χ3v) is 4.77. The number of thiophene rings is 1. The highest BCUT2D eigenvalue weighted by Gasteiger charge is 2.14. The Hall–Kier alpha value is -1.53. The molecule has 0 fully saturated rings. The minimum atomic E-state index is -0.124. The highest BCUT2D eigenvalue weighted by atomic mass is 79.9. The summed E-state index contributed by atoms with van der Waals surface area (Å²) in [6.07, 6.45) is 0. The fraction of sp³-hybridized carbons (Fsp3) is 0.214. The van der Waals surface area contributed by atoms with Crippen LogP contribution in [0.25, 0.3) is 0 Å². The Morgan fingerprint density at radius 1 is 1.40 bits per heavy atom. The van der Waals surface area contributed by atoms with Gasteiger partial charge in [-0.05, 0) is 45.6 Å². The average Bonchev–Trinajstić information content (AvgIpc) is 2.81. The zero-order valence-corrected chi connectivity index (χ0v) is 13.7. The first kappa shape index (κ1) is 14.9. The van der Waals surface area contributed by atoms with Crippen LogP contribution in [0, 0.1) is 0 Å². The maximum absolute atomic E-state index is 12.3. The lowest BCUT2D eigenvalue weighted by molar-refractivity contribution is 0.0952. The molecule has 0 aliphatic carbocycles. The van der Waals surface area contributed by atoms with E-state index in [1.54, 1.807) is 23.5 Å². The van der Waals surface area contributed by atoms with Crippen LogP contribution in [0.4, 0.5) is 11.4 Å². The molecule has 1 heterocycles. The minimum absolute atomic E-state index is 0.124. The lowest BCUT2D eigenvalue weighted by Crippen LogP contribution is -2.25. The van der Waals surface area contributed by atoms with E-state index in [9.17, 15) is 4.79 Å². The van der Waals surface area contributed by atoms with E-state index in [-0.39, 0.29) is 5.91 Å². The molecule has 0 radical (unpaired) electrons. The number of nitrogen functional groups attached to an aromatic ring is 1. The predicted octanol–water partition coefficient (Wildman–Crippen LogP) is 3.09. The summed E-state index contributed by atoms with van der Waals surface area (Å²) < 4.78 is 1.02. The van der Waals surface area contributed by atoms with E-state index in [1.807, 2.05) is 36.5 Å². The maximum Gasteiger partial charge on any atom is 0.253 e. The molecule has 0 unspecified atom stereocenters. The van der Waals surface area contributed by atoms with Crippen molar-refractivity contribution in [3.63, 3.8) is 0 Å². The van der Waals surface area contributed by atoms with Crippen molar-refractivity contribution in [2.45, 2.75) is 6.54 Å². The van der Waals surface area contributed by atoms with Crippen molar-refractivity contribution < 1.29 is 4.79 Å². The number of amides is 1. The summed E-state index contributed by atoms with van der Waals surface area (Å²) in [6.45, 7) is 0.499. The van der Waals surface area contributed by atoms with Gasteiger partial charge in [0.1, 0.15) is 0 Å². The SMILES string of the molecule is CN(C)c1ccc(N)cc1C(=O)NCc1sccc1Br. The van der Waals surface area contributed by atoms with E-state index in [4.69, 9.17) is 5.73 Å². The Balaban J connectivity index is 2.16. The van der Waals surface area contributed by atoms with Crippen molar-refractivity contribution in [1.82, 2.24) is 5.32 Å². The van der Waals surface area contributed by atoms with Gasteiger partial charge in [-0.2, -0.15) is 0 Å². The summed E-state index contributed by atoms with van der Waals surface area (Å²) in [5.41, 5.74) is 7.79. The molecule has 1 aromatic heterocycles. The summed E-state index contributed by atoms with van der Waals surface area (Å²) in [7, 11) is 3.80. The van der Waals surface area contributed by atoms with Gasteiger partial charge in [-0.25, -0.2) is 0 Å². The van der Waals surface area contributed by atoms with Crippen molar-refractivity contribution in [2.24, 2.45) is 0 Å². The Morgan fingerprint density at radius 2 is 2.15 bits per heavy atom. The minimum Gasteiger partial charge on any atom is -0.399 e. The third kappa shape index (κ3) is 3.32. The summed E-state index contributed by atoms with van der Waals surface area (Å²) in [6, 6.07) is 7.32. The van der Waals surface area contributed by atoms with Crippen molar-refractivity contribution in [3.8, 4) is 0 Å². The van der Waals surface area contributed by atoms with E-state index in [0.29, 0.717) is 17.8 Å². The molecule has 1 amide bonds. The summed E-state index contributed by atoms with van der Waals surface area (Å²) >= 11 is 5.06. The van der Waals surface area contributed by atoms with Gasteiger partial charge in [-0.3, -0.25) is 4.79 Å². The standard InChI is InChI=1S/C14H16BrN3OS/c1-18(2)12-4-3-9(16)7-10(12)14(19)17-8-13-11(15)5-6-20-13/h3-7H,8,16H2,1-2H3,(H,17,19). The number of carbonyl (C=O) groups excluding carboxylic acids is 1. The van der Waals surface area contributed by atoms with Crippen LogP contribution in [-0.2, 0) is 6.54 Å². The topological polar surface area (TPSA) is 58.4 Å². The number of hydrogen-bond acceptors (Lipinski definition) is 4. The molecule has 0 aliphatic rings. The van der Waals surface area contributed by atoms with Gasteiger partial charge in [-0.15, -0.1) is 11.3 Å². The van der Waals surface area contributed by atoms with Crippen LogP contribution in [0.2, 0.25) is 0 Å². The molecule has 0 saturated heterocycles. The zero-order chi connectivity index (χ0) is 14.7. The summed E-state index contributed by atoms with van der Waals surface area (Å²) in [5, 5.41) is 4.91. The van der Waals surface area contributed by atoms with Gasteiger partial charge in [0.05, 0.1) is 12.1 Å². The van der Waals surface area contributed by atoms with Crippen molar-refractivity contribution in [3.05, 3.63) is 44.6 Å². The molecular formula is C14H16BrN3OS. The molecule has 0 spiro atoms. The van der Waals surface area contributed by atoms with Gasteiger partial charge in [-0.1, -0.05) is 0 Å². The lowest BCUT2D eigenvalue weighted by atomic mass is 10.1. The molecule has 0 aliphatic heterocycles. The number of anilines is 2. The number of benzene rings is 1. The van der Waals surface area contributed by atoms with Crippen molar-refractivity contribution in [1.29, 1.82) is 0 Å². The molecular weight excluding hydrogens is 338 g/mol. The summed E-state index contributed by atoms with van der Waals surface area (Å²) in [4.78, 5) is 15.3. The second-order valence-corrected chi connectivity index (χ2v) is 6.40. The molecule has 2 aromatic rings. The molecule has 2 rings (SSSR count). The average molecular weight is 354 g/mol. The fourth-order valence-corrected chi connectivity index (χ4v) is 3.26. The van der Waals surface area contributed by atoms with Gasteiger partial charge in [0.25, 0.3) is 5.91 Å². The third-order valence-electron chi connectivity index (χ3n) is 2.85. The van der Waals surface area contributed by atoms with E-state index in [2.05, 4.69) is 21.2 Å². The molecule has 0 saturated carbocycles. The highest BCUT2D eigenvalue weighted by Crippen LogP contribution is 2.24. The number of nitrogens with one attached hydrogen (secondary N) is 1. The molecule has 3 N–H and O–H groups in total. The monoisotopic (exact) mass is 353 g/mol. The van der Waals surface area contributed by atoms with Gasteiger partial charge < -0.3 is 16.0 Å². The van der Waals surface area contributed by atoms with Crippen LogP contribution < -0.4 is 16.0 Å². The number of carbonyl (C=O) groups is 1. The highest BCUT2D eigenvalue weighted by molar-refractivity contribution is 9.10. The van der Waals surface area contributed by atoms with Gasteiger partial charge in [0.15, 0.2) is 0 Å². The Kier molecular flexibility index (Phi) is 4.67. The van der Waals surface area contributed by atoms with Crippen molar-refractivity contribution in [2.75, 3.05) is 24.7 Å². The number of hydrogen-bond donors (Lipinski definition) is 2. The predicted molar refractivity (Wildman–Crippen MR) is 88.4 cm³/mol. The first-order valence-electron chi connectivity index (χ1n) is 6.06. The van der Waals surface area contributed by atoms with Crippen LogP contribution in [0.5, 0.6) is 0 Å². The number of halogens is 1. The molecule has 106 valence electrons. The number of rotatable bonds is 4. The Morgan fingerprint density at radius 3 is 2.75 bits per heavy atom.